The van der Waals surface area contributed by atoms with Gasteiger partial charge in [-0.25, -0.2) is 9.67 Å². The highest BCUT2D eigenvalue weighted by molar-refractivity contribution is 6.05. The van der Waals surface area contributed by atoms with Crippen LogP contribution >= 0.6 is 0 Å². The van der Waals surface area contributed by atoms with Gasteiger partial charge in [-0.1, -0.05) is 23.4 Å². The molecule has 0 atom stereocenters. The van der Waals surface area contributed by atoms with E-state index in [9.17, 15) is 5.21 Å². The van der Waals surface area contributed by atoms with Crippen LogP contribution in [0.25, 0.3) is 21.9 Å². The normalized spacial score (nSPS) is 12.0. The first-order valence-corrected chi connectivity index (χ1v) is 9.43. The van der Waals surface area contributed by atoms with E-state index in [1.54, 1.807) is 23.0 Å². The van der Waals surface area contributed by atoms with Crippen molar-refractivity contribution >= 4 is 27.8 Å². The zero-order valence-corrected chi connectivity index (χ0v) is 16.4. The number of furan rings is 1. The topological polar surface area (TPSA) is 85.7 Å². The van der Waals surface area contributed by atoms with Crippen LogP contribution < -0.4 is 4.74 Å². The second kappa shape index (κ2) is 7.04. The molecule has 2 aromatic carbocycles. The fraction of sp³-hybridized carbons (Fsp3) is 0.0870. The van der Waals surface area contributed by atoms with Crippen molar-refractivity contribution < 1.29 is 14.4 Å². The van der Waals surface area contributed by atoms with Gasteiger partial charge in [0, 0.05) is 34.3 Å². The Morgan fingerprint density at radius 3 is 2.57 bits per heavy atom. The van der Waals surface area contributed by atoms with Crippen molar-refractivity contribution in [1.82, 2.24) is 14.8 Å². The van der Waals surface area contributed by atoms with E-state index in [0.717, 1.165) is 33.3 Å². The van der Waals surface area contributed by atoms with Gasteiger partial charge in [0.25, 0.3) is 0 Å². The SMILES string of the molecule is Cc1cc(C)n(/C(=N\O)c2ccc(Oc3ccc4oc5ccccc5c4c3)nc2)n1. The van der Waals surface area contributed by atoms with Gasteiger partial charge >= 0.3 is 0 Å². The Labute approximate surface area is 171 Å². The molecule has 7 heteroatoms. The summed E-state index contributed by atoms with van der Waals surface area (Å²) in [4.78, 5) is 4.36. The first-order chi connectivity index (χ1) is 14.6. The second-order valence-corrected chi connectivity index (χ2v) is 7.01. The number of benzene rings is 2. The molecule has 0 saturated carbocycles. The summed E-state index contributed by atoms with van der Waals surface area (Å²) < 4.78 is 13.4. The molecule has 30 heavy (non-hydrogen) atoms. The minimum Gasteiger partial charge on any atom is -0.456 e. The number of pyridine rings is 1. The summed E-state index contributed by atoms with van der Waals surface area (Å²) in [7, 11) is 0. The smallest absolute Gasteiger partial charge is 0.219 e. The lowest BCUT2D eigenvalue weighted by molar-refractivity contribution is 0.316. The van der Waals surface area contributed by atoms with Gasteiger partial charge in [-0.3, -0.25) is 0 Å². The Morgan fingerprint density at radius 2 is 1.83 bits per heavy atom. The van der Waals surface area contributed by atoms with Crippen LogP contribution in [0.15, 0.2) is 76.4 Å². The lowest BCUT2D eigenvalue weighted by Crippen LogP contribution is -2.17. The average molecular weight is 398 g/mol. The van der Waals surface area contributed by atoms with E-state index in [1.807, 2.05) is 62.4 Å². The molecule has 1 N–H and O–H groups in total. The van der Waals surface area contributed by atoms with Crippen LogP contribution in [0, 0.1) is 13.8 Å². The molecule has 0 radical (unpaired) electrons. The summed E-state index contributed by atoms with van der Waals surface area (Å²) in [5.74, 6) is 1.38. The Morgan fingerprint density at radius 1 is 1.00 bits per heavy atom. The third-order valence-electron chi connectivity index (χ3n) is 4.87. The summed E-state index contributed by atoms with van der Waals surface area (Å²) in [6.45, 7) is 3.78. The number of hydrogen-bond acceptors (Lipinski definition) is 6. The van der Waals surface area contributed by atoms with E-state index in [2.05, 4.69) is 15.2 Å². The van der Waals surface area contributed by atoms with Crippen molar-refractivity contribution in [2.75, 3.05) is 0 Å². The number of aryl methyl sites for hydroxylation is 2. The molecular weight excluding hydrogens is 380 g/mol. The Kier molecular flexibility index (Phi) is 4.21. The number of fused-ring (bicyclic) bond motifs is 3. The van der Waals surface area contributed by atoms with Crippen molar-refractivity contribution in [3.8, 4) is 11.6 Å². The van der Waals surface area contributed by atoms with Crippen molar-refractivity contribution in [2.45, 2.75) is 13.8 Å². The largest absolute Gasteiger partial charge is 0.456 e. The Hall–Kier alpha value is -4.13. The third-order valence-corrected chi connectivity index (χ3v) is 4.87. The lowest BCUT2D eigenvalue weighted by Gasteiger charge is -2.08. The van der Waals surface area contributed by atoms with Gasteiger partial charge in [-0.15, -0.1) is 0 Å². The molecule has 7 nitrogen and oxygen atoms in total. The highest BCUT2D eigenvalue weighted by Crippen LogP contribution is 2.32. The quantitative estimate of drug-likeness (QED) is 0.194. The van der Waals surface area contributed by atoms with E-state index in [0.29, 0.717) is 23.0 Å². The summed E-state index contributed by atoms with van der Waals surface area (Å²) in [6, 6.07) is 19.0. The molecule has 0 aliphatic carbocycles. The van der Waals surface area contributed by atoms with Crippen LogP contribution in [0.4, 0.5) is 0 Å². The average Bonchev–Trinajstić information content (AvgIpc) is 3.29. The molecule has 0 aliphatic heterocycles. The van der Waals surface area contributed by atoms with E-state index in [4.69, 9.17) is 9.15 Å². The summed E-state index contributed by atoms with van der Waals surface area (Å²) in [6.07, 6.45) is 1.59. The van der Waals surface area contributed by atoms with Crippen molar-refractivity contribution in [1.29, 1.82) is 0 Å². The first-order valence-electron chi connectivity index (χ1n) is 9.43. The molecule has 5 rings (SSSR count). The van der Waals surface area contributed by atoms with Crippen LogP contribution in [-0.2, 0) is 0 Å². The highest BCUT2D eigenvalue weighted by Gasteiger charge is 2.13. The van der Waals surface area contributed by atoms with E-state index >= 15 is 0 Å². The zero-order valence-electron chi connectivity index (χ0n) is 16.4. The minimum atomic E-state index is 0.297. The molecule has 0 fully saturated rings. The fourth-order valence-corrected chi connectivity index (χ4v) is 3.53. The first kappa shape index (κ1) is 17.9. The van der Waals surface area contributed by atoms with Crippen molar-refractivity contribution in [2.24, 2.45) is 5.16 Å². The van der Waals surface area contributed by atoms with Gasteiger partial charge in [0.15, 0.2) is 0 Å². The molecular formula is C23H18N4O3. The molecule has 5 aromatic rings. The fourth-order valence-electron chi connectivity index (χ4n) is 3.53. The van der Waals surface area contributed by atoms with Crippen LogP contribution in [0.5, 0.6) is 11.6 Å². The van der Waals surface area contributed by atoms with Gasteiger partial charge in [0.05, 0.1) is 5.69 Å². The molecule has 0 bridgehead atoms. The second-order valence-electron chi connectivity index (χ2n) is 7.01. The van der Waals surface area contributed by atoms with Gasteiger partial charge in [-0.05, 0) is 50.2 Å². The predicted molar refractivity (Wildman–Crippen MR) is 113 cm³/mol. The number of rotatable bonds is 3. The van der Waals surface area contributed by atoms with Crippen LogP contribution in [-0.4, -0.2) is 25.8 Å². The van der Waals surface area contributed by atoms with Gasteiger partial charge in [0.1, 0.15) is 16.9 Å². The predicted octanol–water partition coefficient (Wildman–Crippen LogP) is 5.27. The zero-order chi connectivity index (χ0) is 20.7. The third kappa shape index (κ3) is 3.06. The number of hydrogen-bond donors (Lipinski definition) is 1. The summed E-state index contributed by atoms with van der Waals surface area (Å²) in [5.41, 5.74) is 3.96. The van der Waals surface area contributed by atoms with E-state index in [1.165, 1.54) is 0 Å². The number of aromatic nitrogens is 3. The maximum Gasteiger partial charge on any atom is 0.219 e. The highest BCUT2D eigenvalue weighted by atomic mass is 16.5. The van der Waals surface area contributed by atoms with Crippen LogP contribution in [0.2, 0.25) is 0 Å². The van der Waals surface area contributed by atoms with Gasteiger partial charge in [-0.2, -0.15) is 5.10 Å². The number of nitrogens with zero attached hydrogens (tertiary/aromatic N) is 4. The number of para-hydroxylation sites is 1. The molecule has 3 heterocycles. The summed E-state index contributed by atoms with van der Waals surface area (Å²) >= 11 is 0. The maximum atomic E-state index is 9.50. The molecule has 0 saturated heterocycles. The number of ether oxygens (including phenoxy) is 1. The molecule has 0 unspecified atom stereocenters. The van der Waals surface area contributed by atoms with Crippen molar-refractivity contribution in [3.05, 3.63) is 83.8 Å². The molecule has 0 amide bonds. The number of oxime groups is 1. The monoisotopic (exact) mass is 398 g/mol. The Balaban J connectivity index is 1.43. The van der Waals surface area contributed by atoms with Crippen LogP contribution in [0.1, 0.15) is 17.0 Å². The molecule has 0 spiro atoms. The van der Waals surface area contributed by atoms with Gasteiger partial charge in [0.2, 0.25) is 11.7 Å². The van der Waals surface area contributed by atoms with Crippen molar-refractivity contribution in [3.63, 3.8) is 0 Å². The molecule has 3 aromatic heterocycles. The van der Waals surface area contributed by atoms with E-state index in [-0.39, 0.29) is 0 Å². The molecule has 0 aliphatic rings. The summed E-state index contributed by atoms with van der Waals surface area (Å²) in [5, 5.41) is 19.3. The van der Waals surface area contributed by atoms with Gasteiger partial charge < -0.3 is 14.4 Å². The maximum absolute atomic E-state index is 9.50. The van der Waals surface area contributed by atoms with Crippen LogP contribution in [0.3, 0.4) is 0 Å². The van der Waals surface area contributed by atoms with E-state index < -0.39 is 0 Å². The minimum absolute atomic E-state index is 0.297. The standard InChI is InChI=1S/C23H18N4O3/c1-14-11-15(2)27(25-14)23(26-28)16-7-10-22(24-13-16)29-17-8-9-21-19(12-17)18-5-3-4-6-20(18)30-21/h3-13,28H,1-2H3/b26-23-. The lowest BCUT2D eigenvalue weighted by atomic mass is 10.1. The Bertz CT molecular complexity index is 1400. The molecule has 148 valence electrons.